The molecule has 3 rings (SSSR count). The monoisotopic (exact) mass is 338 g/mol. The maximum atomic E-state index is 10.8. The molecule has 0 N–H and O–H groups in total. The van der Waals surface area contributed by atoms with Crippen molar-refractivity contribution in [3.63, 3.8) is 0 Å². The summed E-state index contributed by atoms with van der Waals surface area (Å²) in [6.45, 7) is 4.28. The summed E-state index contributed by atoms with van der Waals surface area (Å²) in [6.07, 6.45) is 0. The first kappa shape index (κ1) is 17.0. The topological polar surface area (TPSA) is 62.0 Å². The largest absolute Gasteiger partial charge is 0.378 e. The Kier molecular flexibility index (Phi) is 4.44. The molecule has 0 amide bonds. The number of hydrogen-bond donors (Lipinski definition) is 0. The minimum Gasteiger partial charge on any atom is -0.378 e. The van der Waals surface area contributed by atoms with Gasteiger partial charge in [-0.25, -0.2) is 0 Å². The highest BCUT2D eigenvalue weighted by atomic mass is 16.6. The molecule has 0 aliphatic carbocycles. The Morgan fingerprint density at radius 2 is 1.64 bits per heavy atom. The standard InChI is InChI=1S/C19H22N4O2/c1-13-14(2)22(17-9-11-18(12-10-17)23(24)25)20-19(13)15-5-7-16(8-6-15)21(3)4/h5-14H,1-4H3. The number of rotatable bonds is 4. The summed E-state index contributed by atoms with van der Waals surface area (Å²) < 4.78 is 0. The number of anilines is 2. The Morgan fingerprint density at radius 1 is 1.04 bits per heavy atom. The Hall–Kier alpha value is -2.89. The van der Waals surface area contributed by atoms with Crippen LogP contribution in [-0.2, 0) is 0 Å². The van der Waals surface area contributed by atoms with E-state index in [4.69, 9.17) is 5.10 Å². The van der Waals surface area contributed by atoms with Crippen molar-refractivity contribution >= 4 is 22.8 Å². The average molecular weight is 338 g/mol. The highest BCUT2D eigenvalue weighted by Crippen LogP contribution is 2.31. The number of nitro benzene ring substituents is 1. The fourth-order valence-electron chi connectivity index (χ4n) is 3.01. The van der Waals surface area contributed by atoms with Crippen LogP contribution in [0.5, 0.6) is 0 Å². The summed E-state index contributed by atoms with van der Waals surface area (Å²) in [5.74, 6) is 0.264. The second-order valence-corrected chi connectivity index (χ2v) is 6.57. The third-order valence-electron chi connectivity index (χ3n) is 4.76. The lowest BCUT2D eigenvalue weighted by atomic mass is 9.93. The Morgan fingerprint density at radius 3 is 2.16 bits per heavy atom. The van der Waals surface area contributed by atoms with Crippen LogP contribution in [-0.4, -0.2) is 30.8 Å². The van der Waals surface area contributed by atoms with Gasteiger partial charge in [0.05, 0.1) is 22.4 Å². The second kappa shape index (κ2) is 6.55. The van der Waals surface area contributed by atoms with Crippen molar-refractivity contribution in [3.05, 3.63) is 64.2 Å². The van der Waals surface area contributed by atoms with Crippen LogP contribution in [0.4, 0.5) is 17.1 Å². The van der Waals surface area contributed by atoms with Gasteiger partial charge in [-0.05, 0) is 36.8 Å². The van der Waals surface area contributed by atoms with Crippen LogP contribution >= 0.6 is 0 Å². The maximum Gasteiger partial charge on any atom is 0.269 e. The van der Waals surface area contributed by atoms with E-state index in [1.165, 1.54) is 12.1 Å². The van der Waals surface area contributed by atoms with Crippen molar-refractivity contribution < 1.29 is 4.92 Å². The highest BCUT2D eigenvalue weighted by molar-refractivity contribution is 6.04. The molecule has 0 spiro atoms. The first-order valence-electron chi connectivity index (χ1n) is 8.28. The molecule has 2 unspecified atom stereocenters. The SMILES string of the molecule is CC1C(c2ccc(N(C)C)cc2)=NN(c2ccc([N+](=O)[O-])cc2)C1C. The van der Waals surface area contributed by atoms with E-state index < -0.39 is 0 Å². The quantitative estimate of drug-likeness (QED) is 0.626. The van der Waals surface area contributed by atoms with E-state index in [9.17, 15) is 10.1 Å². The molecule has 0 fully saturated rings. The second-order valence-electron chi connectivity index (χ2n) is 6.57. The normalized spacial score (nSPS) is 19.7. The zero-order valence-corrected chi connectivity index (χ0v) is 14.9. The predicted molar refractivity (Wildman–Crippen MR) is 102 cm³/mol. The average Bonchev–Trinajstić information content (AvgIpc) is 2.90. The third kappa shape index (κ3) is 3.20. The molecular weight excluding hydrogens is 316 g/mol. The van der Waals surface area contributed by atoms with Crippen LogP contribution < -0.4 is 9.91 Å². The molecule has 0 aromatic heterocycles. The first-order valence-corrected chi connectivity index (χ1v) is 8.28. The molecular formula is C19H22N4O2. The van der Waals surface area contributed by atoms with E-state index in [1.807, 2.05) is 19.1 Å². The minimum atomic E-state index is -0.388. The van der Waals surface area contributed by atoms with Crippen LogP contribution in [0, 0.1) is 16.0 Å². The maximum absolute atomic E-state index is 10.8. The molecule has 0 radical (unpaired) electrons. The Labute approximate surface area is 147 Å². The number of nitrogens with zero attached hydrogens (tertiary/aromatic N) is 4. The molecule has 1 aliphatic rings. The predicted octanol–water partition coefficient (Wildman–Crippen LogP) is 3.91. The summed E-state index contributed by atoms with van der Waals surface area (Å²) in [7, 11) is 4.03. The van der Waals surface area contributed by atoms with Gasteiger partial charge in [-0.3, -0.25) is 15.1 Å². The Balaban J connectivity index is 1.90. The smallest absolute Gasteiger partial charge is 0.269 e. The van der Waals surface area contributed by atoms with E-state index in [-0.39, 0.29) is 22.6 Å². The van der Waals surface area contributed by atoms with Gasteiger partial charge in [0.25, 0.3) is 5.69 Å². The van der Waals surface area contributed by atoms with Gasteiger partial charge in [0.1, 0.15) is 0 Å². The first-order chi connectivity index (χ1) is 11.9. The number of benzene rings is 2. The van der Waals surface area contributed by atoms with Crippen molar-refractivity contribution in [3.8, 4) is 0 Å². The van der Waals surface area contributed by atoms with Gasteiger partial charge in [-0.1, -0.05) is 19.1 Å². The molecule has 6 nitrogen and oxygen atoms in total. The molecule has 130 valence electrons. The van der Waals surface area contributed by atoms with Crippen LogP contribution in [0.3, 0.4) is 0 Å². The third-order valence-corrected chi connectivity index (χ3v) is 4.76. The summed E-state index contributed by atoms with van der Waals surface area (Å²) >= 11 is 0. The summed E-state index contributed by atoms with van der Waals surface area (Å²) in [5.41, 5.74) is 4.25. The van der Waals surface area contributed by atoms with Crippen molar-refractivity contribution in [1.29, 1.82) is 0 Å². The van der Waals surface area contributed by atoms with E-state index in [2.05, 4.69) is 43.0 Å². The number of hydrogen-bond acceptors (Lipinski definition) is 5. The van der Waals surface area contributed by atoms with Crippen LogP contribution in [0.15, 0.2) is 53.6 Å². The van der Waals surface area contributed by atoms with Gasteiger partial charge in [-0.15, -0.1) is 0 Å². The van der Waals surface area contributed by atoms with Gasteiger partial charge in [0.15, 0.2) is 0 Å². The summed E-state index contributed by atoms with van der Waals surface area (Å²) in [4.78, 5) is 12.5. The lowest BCUT2D eigenvalue weighted by Gasteiger charge is -2.22. The summed E-state index contributed by atoms with van der Waals surface area (Å²) in [6, 6.07) is 15.1. The van der Waals surface area contributed by atoms with Gasteiger partial charge >= 0.3 is 0 Å². The fourth-order valence-corrected chi connectivity index (χ4v) is 3.01. The molecule has 0 saturated heterocycles. The lowest BCUT2D eigenvalue weighted by molar-refractivity contribution is -0.384. The van der Waals surface area contributed by atoms with Gasteiger partial charge in [0.2, 0.25) is 0 Å². The Bertz CT molecular complexity index is 797. The van der Waals surface area contributed by atoms with Crippen LogP contribution in [0.2, 0.25) is 0 Å². The zero-order chi connectivity index (χ0) is 18.1. The van der Waals surface area contributed by atoms with Crippen LogP contribution in [0.25, 0.3) is 0 Å². The molecule has 25 heavy (non-hydrogen) atoms. The lowest BCUT2D eigenvalue weighted by Crippen LogP contribution is -2.28. The van der Waals surface area contributed by atoms with Crippen molar-refractivity contribution in [2.75, 3.05) is 24.0 Å². The molecule has 0 saturated carbocycles. The zero-order valence-electron chi connectivity index (χ0n) is 14.9. The van der Waals surface area contributed by atoms with E-state index in [0.717, 1.165) is 22.6 Å². The van der Waals surface area contributed by atoms with Crippen LogP contribution in [0.1, 0.15) is 19.4 Å². The summed E-state index contributed by atoms with van der Waals surface area (Å²) in [5, 5.41) is 17.6. The molecule has 2 aromatic rings. The van der Waals surface area contributed by atoms with E-state index in [1.54, 1.807) is 12.1 Å². The van der Waals surface area contributed by atoms with Gasteiger partial charge in [-0.2, -0.15) is 5.10 Å². The van der Waals surface area contributed by atoms with Crippen molar-refractivity contribution in [2.24, 2.45) is 11.0 Å². The molecule has 1 heterocycles. The van der Waals surface area contributed by atoms with E-state index in [0.29, 0.717) is 0 Å². The van der Waals surface area contributed by atoms with Gasteiger partial charge in [0, 0.05) is 37.8 Å². The highest BCUT2D eigenvalue weighted by Gasteiger charge is 2.32. The molecule has 1 aliphatic heterocycles. The van der Waals surface area contributed by atoms with Crippen molar-refractivity contribution in [1.82, 2.24) is 0 Å². The number of hydrazone groups is 1. The number of nitro groups is 1. The molecule has 2 aromatic carbocycles. The molecule has 6 heteroatoms. The van der Waals surface area contributed by atoms with Gasteiger partial charge < -0.3 is 4.90 Å². The molecule has 0 bridgehead atoms. The van der Waals surface area contributed by atoms with E-state index >= 15 is 0 Å². The number of non-ortho nitro benzene ring substituents is 1. The minimum absolute atomic E-state index is 0.0899. The fraction of sp³-hybridized carbons (Fsp3) is 0.316. The molecule has 2 atom stereocenters. The van der Waals surface area contributed by atoms with Crippen molar-refractivity contribution in [2.45, 2.75) is 19.9 Å².